The van der Waals surface area contributed by atoms with Crippen molar-refractivity contribution in [3.63, 3.8) is 0 Å². The van der Waals surface area contributed by atoms with Gasteiger partial charge in [-0.2, -0.15) is 5.26 Å². The Balaban J connectivity index is 3.25. The summed E-state index contributed by atoms with van der Waals surface area (Å²) >= 11 is 0.899. The number of thiocyanates is 1. The summed E-state index contributed by atoms with van der Waals surface area (Å²) in [5, 5.41) is 19.7. The van der Waals surface area contributed by atoms with Gasteiger partial charge >= 0.3 is 0 Å². The zero-order chi connectivity index (χ0) is 10.6. The summed E-state index contributed by atoms with van der Waals surface area (Å²) in [5.41, 5.74) is 0.113. The van der Waals surface area contributed by atoms with Gasteiger partial charge < -0.3 is 9.84 Å². The van der Waals surface area contributed by atoms with Crippen molar-refractivity contribution in [2.75, 3.05) is 7.11 Å². The SMILES string of the molecule is COc1cc(SC#N)cc(C=O)c1O. The summed E-state index contributed by atoms with van der Waals surface area (Å²) in [4.78, 5) is 11.1. The molecule has 0 aliphatic carbocycles. The summed E-state index contributed by atoms with van der Waals surface area (Å²) in [7, 11) is 1.38. The Labute approximate surface area is 85.1 Å². The van der Waals surface area contributed by atoms with Crippen LogP contribution in [-0.4, -0.2) is 18.5 Å². The van der Waals surface area contributed by atoms with Crippen LogP contribution in [0.4, 0.5) is 0 Å². The molecule has 1 N–H and O–H groups in total. The highest BCUT2D eigenvalue weighted by Crippen LogP contribution is 2.33. The molecule has 0 bridgehead atoms. The van der Waals surface area contributed by atoms with Gasteiger partial charge in [0.2, 0.25) is 0 Å². The second-order valence-corrected chi connectivity index (χ2v) is 3.23. The Hall–Kier alpha value is -1.67. The van der Waals surface area contributed by atoms with E-state index in [1.54, 1.807) is 0 Å². The van der Waals surface area contributed by atoms with Gasteiger partial charge in [0.25, 0.3) is 0 Å². The summed E-state index contributed by atoms with van der Waals surface area (Å²) in [6.45, 7) is 0. The quantitative estimate of drug-likeness (QED) is 0.467. The van der Waals surface area contributed by atoms with Crippen LogP contribution in [0, 0.1) is 10.7 Å². The molecule has 0 heterocycles. The van der Waals surface area contributed by atoms with Crippen LogP contribution in [0.2, 0.25) is 0 Å². The summed E-state index contributed by atoms with van der Waals surface area (Å²) in [5.74, 6) is -0.0165. The maximum Gasteiger partial charge on any atom is 0.168 e. The molecule has 4 nitrogen and oxygen atoms in total. The van der Waals surface area contributed by atoms with Crippen molar-refractivity contribution in [1.29, 1.82) is 5.26 Å². The summed E-state index contributed by atoms with van der Waals surface area (Å²) in [6, 6.07) is 2.93. The minimum atomic E-state index is -0.204. The van der Waals surface area contributed by atoms with E-state index in [0.29, 0.717) is 11.2 Å². The molecular weight excluding hydrogens is 202 g/mol. The number of thioether (sulfide) groups is 1. The van der Waals surface area contributed by atoms with E-state index < -0.39 is 0 Å². The van der Waals surface area contributed by atoms with E-state index >= 15 is 0 Å². The van der Waals surface area contributed by atoms with Gasteiger partial charge in [0.1, 0.15) is 5.40 Å². The van der Waals surface area contributed by atoms with Crippen molar-refractivity contribution >= 4 is 18.0 Å². The van der Waals surface area contributed by atoms with Crippen molar-refractivity contribution in [1.82, 2.24) is 0 Å². The Morgan fingerprint density at radius 3 is 2.86 bits per heavy atom. The van der Waals surface area contributed by atoms with Crippen LogP contribution in [0.5, 0.6) is 11.5 Å². The predicted molar refractivity (Wildman–Crippen MR) is 51.5 cm³/mol. The van der Waals surface area contributed by atoms with E-state index in [1.807, 2.05) is 5.40 Å². The lowest BCUT2D eigenvalue weighted by Crippen LogP contribution is -1.89. The smallest absolute Gasteiger partial charge is 0.168 e. The lowest BCUT2D eigenvalue weighted by atomic mass is 10.2. The molecule has 1 aromatic rings. The average molecular weight is 209 g/mol. The number of hydrogen-bond acceptors (Lipinski definition) is 5. The van der Waals surface area contributed by atoms with Crippen molar-refractivity contribution in [3.05, 3.63) is 17.7 Å². The number of methoxy groups -OCH3 is 1. The first kappa shape index (κ1) is 10.4. The number of nitriles is 1. The molecule has 0 spiro atoms. The van der Waals surface area contributed by atoms with Gasteiger partial charge in [0.15, 0.2) is 17.8 Å². The van der Waals surface area contributed by atoms with Crippen molar-refractivity contribution < 1.29 is 14.6 Å². The van der Waals surface area contributed by atoms with Crippen molar-refractivity contribution in [2.24, 2.45) is 0 Å². The fourth-order valence-electron chi connectivity index (χ4n) is 0.960. The molecule has 0 saturated heterocycles. The van der Waals surface area contributed by atoms with E-state index in [9.17, 15) is 9.90 Å². The number of carbonyl (C=O) groups excluding carboxylic acids is 1. The maximum atomic E-state index is 10.5. The number of nitrogens with zero attached hydrogens (tertiary/aromatic N) is 1. The standard InChI is InChI=1S/C9H7NO3S/c1-13-8-3-7(14-5-10)2-6(4-11)9(8)12/h2-4,12H,1H3. The third kappa shape index (κ3) is 1.98. The maximum absolute atomic E-state index is 10.5. The first-order valence-electron chi connectivity index (χ1n) is 3.65. The highest BCUT2D eigenvalue weighted by Gasteiger charge is 2.09. The van der Waals surface area contributed by atoms with Gasteiger partial charge in [-0.15, -0.1) is 0 Å². The zero-order valence-electron chi connectivity index (χ0n) is 7.35. The highest BCUT2D eigenvalue weighted by atomic mass is 32.2. The number of phenols is 1. The molecule has 14 heavy (non-hydrogen) atoms. The van der Waals surface area contributed by atoms with E-state index in [2.05, 4.69) is 0 Å². The number of aromatic hydroxyl groups is 1. The van der Waals surface area contributed by atoms with Gasteiger partial charge in [-0.25, -0.2) is 0 Å². The number of aldehydes is 1. The topological polar surface area (TPSA) is 70.3 Å². The Morgan fingerprint density at radius 1 is 1.64 bits per heavy atom. The minimum Gasteiger partial charge on any atom is -0.504 e. The van der Waals surface area contributed by atoms with Gasteiger partial charge in [-0.3, -0.25) is 4.79 Å². The minimum absolute atomic E-state index is 0.113. The molecule has 72 valence electrons. The van der Waals surface area contributed by atoms with Gasteiger partial charge in [0.05, 0.1) is 12.7 Å². The molecule has 0 unspecified atom stereocenters. The number of carbonyl (C=O) groups is 1. The lowest BCUT2D eigenvalue weighted by Gasteiger charge is -2.06. The van der Waals surface area contributed by atoms with Crippen LogP contribution in [0.1, 0.15) is 10.4 Å². The second kappa shape index (κ2) is 4.53. The predicted octanol–water partition coefficient (Wildman–Crippen LogP) is 1.79. The largest absolute Gasteiger partial charge is 0.504 e. The summed E-state index contributed by atoms with van der Waals surface area (Å²) in [6.07, 6.45) is 0.513. The van der Waals surface area contributed by atoms with E-state index in [1.165, 1.54) is 19.2 Å². The number of phenolic OH excluding ortho intramolecular Hbond substituents is 1. The third-order valence-electron chi connectivity index (χ3n) is 1.59. The number of benzene rings is 1. The first-order chi connectivity index (χ1) is 6.72. The third-order valence-corrected chi connectivity index (χ3v) is 2.15. The number of ether oxygens (including phenoxy) is 1. The Kier molecular flexibility index (Phi) is 3.37. The van der Waals surface area contributed by atoms with Crippen LogP contribution in [0.25, 0.3) is 0 Å². The molecular formula is C9H7NO3S. The Bertz CT molecular complexity index is 398. The monoisotopic (exact) mass is 209 g/mol. The van der Waals surface area contributed by atoms with Crippen molar-refractivity contribution in [3.8, 4) is 16.9 Å². The molecule has 0 atom stereocenters. The normalized spacial score (nSPS) is 9.14. The molecule has 1 aromatic carbocycles. The fraction of sp³-hybridized carbons (Fsp3) is 0.111. The Morgan fingerprint density at radius 2 is 2.36 bits per heavy atom. The van der Waals surface area contributed by atoms with Crippen LogP contribution in [0.3, 0.4) is 0 Å². The second-order valence-electron chi connectivity index (χ2n) is 2.37. The zero-order valence-corrected chi connectivity index (χ0v) is 8.17. The van der Waals surface area contributed by atoms with Crippen LogP contribution in [0.15, 0.2) is 17.0 Å². The molecule has 0 fully saturated rings. The van der Waals surface area contributed by atoms with Gasteiger partial charge in [-0.05, 0) is 23.9 Å². The lowest BCUT2D eigenvalue weighted by molar-refractivity contribution is 0.112. The summed E-state index contributed by atoms with van der Waals surface area (Å²) < 4.78 is 4.84. The van der Waals surface area contributed by atoms with E-state index in [0.717, 1.165) is 11.8 Å². The molecule has 5 heteroatoms. The first-order valence-corrected chi connectivity index (χ1v) is 4.46. The van der Waals surface area contributed by atoms with E-state index in [-0.39, 0.29) is 17.1 Å². The van der Waals surface area contributed by atoms with Gasteiger partial charge in [0, 0.05) is 4.90 Å². The fourth-order valence-corrected chi connectivity index (χ4v) is 1.42. The molecule has 0 aliphatic heterocycles. The molecule has 0 saturated carbocycles. The number of hydrogen-bond donors (Lipinski definition) is 1. The average Bonchev–Trinajstić information content (AvgIpc) is 2.20. The molecule has 1 rings (SSSR count). The molecule has 0 amide bonds. The van der Waals surface area contributed by atoms with Crippen LogP contribution < -0.4 is 4.74 Å². The molecule has 0 aliphatic rings. The van der Waals surface area contributed by atoms with Crippen LogP contribution >= 0.6 is 11.8 Å². The molecule has 0 aromatic heterocycles. The molecule has 0 radical (unpaired) electrons. The number of rotatable bonds is 3. The van der Waals surface area contributed by atoms with Crippen LogP contribution in [-0.2, 0) is 0 Å². The van der Waals surface area contributed by atoms with E-state index in [4.69, 9.17) is 10.00 Å². The van der Waals surface area contributed by atoms with Crippen molar-refractivity contribution in [2.45, 2.75) is 4.90 Å². The van der Waals surface area contributed by atoms with Gasteiger partial charge in [-0.1, -0.05) is 0 Å². The highest BCUT2D eigenvalue weighted by molar-refractivity contribution is 8.03.